The maximum atomic E-state index is 10.7. The minimum Gasteiger partial charge on any atom is -0.394 e. The van der Waals surface area contributed by atoms with Crippen LogP contribution in [0.1, 0.15) is 13.8 Å². The van der Waals surface area contributed by atoms with Crippen molar-refractivity contribution >= 4 is 0 Å². The van der Waals surface area contributed by atoms with Crippen molar-refractivity contribution in [3.63, 3.8) is 0 Å². The van der Waals surface area contributed by atoms with Crippen LogP contribution in [0.5, 0.6) is 0 Å². The molecule has 15 atom stereocenters. The Kier molecular flexibility index (Phi) is 10.4. The van der Waals surface area contributed by atoms with Crippen molar-refractivity contribution in [1.82, 2.24) is 0 Å². The first-order valence-corrected chi connectivity index (χ1v) is 11.8. The highest BCUT2D eigenvalue weighted by atomic mass is 16.7. The van der Waals surface area contributed by atoms with Crippen LogP contribution in [0.4, 0.5) is 0 Å². The minimum absolute atomic E-state index is 0.206. The molecule has 15 heteroatoms. The predicted molar refractivity (Wildman–Crippen MR) is 114 cm³/mol. The number of hydrogen-bond donors (Lipinski definition) is 10. The number of aliphatic hydroxyl groups is 10. The quantitative estimate of drug-likeness (QED) is 0.140. The summed E-state index contributed by atoms with van der Waals surface area (Å²) in [6.45, 7) is 1.40. The van der Waals surface area contributed by atoms with Gasteiger partial charge in [0.2, 0.25) is 0 Å². The van der Waals surface area contributed by atoms with Crippen LogP contribution in [0.25, 0.3) is 0 Å². The molecular formula is C21H38O15. The van der Waals surface area contributed by atoms with E-state index in [9.17, 15) is 51.1 Å². The van der Waals surface area contributed by atoms with Gasteiger partial charge in [0, 0.05) is 0 Å². The second-order valence-corrected chi connectivity index (χ2v) is 9.65. The van der Waals surface area contributed by atoms with E-state index >= 15 is 0 Å². The fraction of sp³-hybridized carbons (Fsp3) is 1.00. The Labute approximate surface area is 207 Å². The smallest absolute Gasteiger partial charge is 0.187 e. The zero-order chi connectivity index (χ0) is 26.9. The van der Waals surface area contributed by atoms with Crippen molar-refractivity contribution in [2.45, 2.75) is 106 Å². The molecule has 3 aliphatic heterocycles. The lowest BCUT2D eigenvalue weighted by molar-refractivity contribution is -0.373. The number of ether oxygens (including phenoxy) is 5. The fourth-order valence-corrected chi connectivity index (χ4v) is 4.66. The van der Waals surface area contributed by atoms with Gasteiger partial charge in [-0.2, -0.15) is 0 Å². The van der Waals surface area contributed by atoms with Gasteiger partial charge >= 0.3 is 0 Å². The highest BCUT2D eigenvalue weighted by molar-refractivity contribution is 4.97. The molecule has 0 aliphatic carbocycles. The molecule has 0 saturated carbocycles. The molecule has 0 amide bonds. The van der Waals surface area contributed by atoms with E-state index < -0.39 is 112 Å². The monoisotopic (exact) mass is 530 g/mol. The molecule has 3 rings (SSSR count). The van der Waals surface area contributed by atoms with Crippen molar-refractivity contribution in [1.29, 1.82) is 0 Å². The van der Waals surface area contributed by atoms with Gasteiger partial charge in [0.15, 0.2) is 12.6 Å². The van der Waals surface area contributed by atoms with Gasteiger partial charge in [-0.3, -0.25) is 0 Å². The van der Waals surface area contributed by atoms with Crippen LogP contribution in [0.15, 0.2) is 0 Å². The van der Waals surface area contributed by atoms with Gasteiger partial charge in [-0.25, -0.2) is 0 Å². The standard InChI is InChI=1S/C21H38O15/c1-6(2)17-12(27)13(28)18(8(4-23)32-17)35-21-16(31)14(29)19(9(5-24)34-21)36-20-15(30)11(26)10(25)7(3-22)33-20/h6-31H,3-5H2,1-2H3/t7?,8?,9?,10-,11-,12?,13+,14+,15?,16?,17-,18+,19+,20+,21+/m1/s1. The highest BCUT2D eigenvalue weighted by Crippen LogP contribution is 2.33. The molecular weight excluding hydrogens is 492 g/mol. The van der Waals surface area contributed by atoms with Crippen LogP contribution >= 0.6 is 0 Å². The van der Waals surface area contributed by atoms with Gasteiger partial charge in [0.1, 0.15) is 73.2 Å². The topological polar surface area (TPSA) is 248 Å². The number of hydrogen-bond acceptors (Lipinski definition) is 15. The van der Waals surface area contributed by atoms with Gasteiger partial charge in [0.25, 0.3) is 0 Å². The number of rotatable bonds is 8. The average molecular weight is 531 g/mol. The fourth-order valence-electron chi connectivity index (χ4n) is 4.66. The molecule has 6 unspecified atom stereocenters. The summed E-state index contributed by atoms with van der Waals surface area (Å²) < 4.78 is 27.5. The van der Waals surface area contributed by atoms with Crippen molar-refractivity contribution < 1.29 is 74.7 Å². The Hall–Kier alpha value is -0.600. The van der Waals surface area contributed by atoms with E-state index in [0.717, 1.165) is 0 Å². The summed E-state index contributed by atoms with van der Waals surface area (Å²) in [6, 6.07) is 0. The summed E-state index contributed by atoms with van der Waals surface area (Å²) in [5.74, 6) is -0.206. The van der Waals surface area contributed by atoms with E-state index in [1.807, 2.05) is 0 Å². The van der Waals surface area contributed by atoms with Gasteiger partial charge in [0.05, 0.1) is 25.9 Å². The lowest BCUT2D eigenvalue weighted by Gasteiger charge is -2.48. The van der Waals surface area contributed by atoms with E-state index in [1.165, 1.54) is 0 Å². The first kappa shape index (κ1) is 29.9. The molecule has 0 aromatic heterocycles. The summed E-state index contributed by atoms with van der Waals surface area (Å²) in [6.07, 6.45) is -22.7. The van der Waals surface area contributed by atoms with Crippen LogP contribution in [-0.2, 0) is 23.7 Å². The average Bonchev–Trinajstić information content (AvgIpc) is 2.86. The maximum absolute atomic E-state index is 10.7. The van der Waals surface area contributed by atoms with Gasteiger partial charge < -0.3 is 74.7 Å². The molecule has 0 aromatic rings. The third-order valence-corrected chi connectivity index (χ3v) is 6.81. The van der Waals surface area contributed by atoms with Crippen molar-refractivity contribution in [2.75, 3.05) is 19.8 Å². The van der Waals surface area contributed by atoms with E-state index in [0.29, 0.717) is 0 Å². The summed E-state index contributed by atoms with van der Waals surface area (Å²) >= 11 is 0. The molecule has 3 fully saturated rings. The minimum atomic E-state index is -1.85. The summed E-state index contributed by atoms with van der Waals surface area (Å²) in [5.41, 5.74) is 0. The van der Waals surface area contributed by atoms with E-state index in [1.54, 1.807) is 13.8 Å². The molecule has 10 N–H and O–H groups in total. The Morgan fingerprint density at radius 3 is 1.42 bits per heavy atom. The third-order valence-electron chi connectivity index (χ3n) is 6.81. The summed E-state index contributed by atoms with van der Waals surface area (Å²) in [7, 11) is 0. The van der Waals surface area contributed by atoms with Crippen LogP contribution in [-0.4, -0.2) is 163 Å². The number of aliphatic hydroxyl groups excluding tert-OH is 10. The molecule has 0 bridgehead atoms. The normalized spacial score (nSPS) is 50.4. The Bertz CT molecular complexity index is 678. The molecule has 0 aromatic carbocycles. The highest BCUT2D eigenvalue weighted by Gasteiger charge is 2.53. The maximum Gasteiger partial charge on any atom is 0.187 e. The molecule has 0 spiro atoms. The molecule has 212 valence electrons. The third kappa shape index (κ3) is 5.85. The van der Waals surface area contributed by atoms with E-state index in [4.69, 9.17) is 23.7 Å². The summed E-state index contributed by atoms with van der Waals surface area (Å²) in [4.78, 5) is 0. The second kappa shape index (κ2) is 12.5. The lowest BCUT2D eigenvalue weighted by Crippen LogP contribution is -2.66. The molecule has 0 radical (unpaired) electrons. The molecule has 15 nitrogen and oxygen atoms in total. The van der Waals surface area contributed by atoms with E-state index in [-0.39, 0.29) is 5.92 Å². The predicted octanol–water partition coefficient (Wildman–Crippen LogP) is -5.87. The Balaban J connectivity index is 1.72. The van der Waals surface area contributed by atoms with Gasteiger partial charge in [-0.05, 0) is 5.92 Å². The SMILES string of the molecule is CC(C)[C@H]1OC(CO)[C@H](O[C@@H]2OC(CO)[C@H](O[C@@H]3OC(CO)[C@@H](O)[C@@H](O)C3O)[C@@H](O)C2O)[C@@H](O)C1O. The summed E-state index contributed by atoms with van der Waals surface area (Å²) in [5, 5.41) is 101. The van der Waals surface area contributed by atoms with Crippen LogP contribution in [0.3, 0.4) is 0 Å². The van der Waals surface area contributed by atoms with Crippen molar-refractivity contribution in [2.24, 2.45) is 5.92 Å². The molecule has 3 heterocycles. The zero-order valence-electron chi connectivity index (χ0n) is 19.9. The second-order valence-electron chi connectivity index (χ2n) is 9.65. The Morgan fingerprint density at radius 2 is 0.944 bits per heavy atom. The largest absolute Gasteiger partial charge is 0.394 e. The van der Waals surface area contributed by atoms with E-state index in [2.05, 4.69) is 0 Å². The van der Waals surface area contributed by atoms with Crippen LogP contribution in [0, 0.1) is 5.92 Å². The zero-order valence-corrected chi connectivity index (χ0v) is 19.9. The molecule has 3 saturated heterocycles. The molecule has 36 heavy (non-hydrogen) atoms. The molecule has 3 aliphatic rings. The van der Waals surface area contributed by atoms with Crippen LogP contribution in [0.2, 0.25) is 0 Å². The first-order valence-electron chi connectivity index (χ1n) is 11.8. The van der Waals surface area contributed by atoms with Crippen molar-refractivity contribution in [3.8, 4) is 0 Å². The van der Waals surface area contributed by atoms with Gasteiger partial charge in [-0.15, -0.1) is 0 Å². The van der Waals surface area contributed by atoms with Gasteiger partial charge in [-0.1, -0.05) is 13.8 Å². The lowest BCUT2D eigenvalue weighted by atomic mass is 9.89. The van der Waals surface area contributed by atoms with Crippen molar-refractivity contribution in [3.05, 3.63) is 0 Å². The first-order chi connectivity index (χ1) is 17.0. The Morgan fingerprint density at radius 1 is 0.528 bits per heavy atom. The van der Waals surface area contributed by atoms with Crippen LogP contribution < -0.4 is 0 Å².